The largest absolute Gasteiger partial charge is 0.545 e. The van der Waals surface area contributed by atoms with Crippen molar-refractivity contribution in [3.8, 4) is 11.3 Å². The van der Waals surface area contributed by atoms with Crippen molar-refractivity contribution >= 4 is 46.5 Å². The predicted octanol–water partition coefficient (Wildman–Crippen LogP) is 3.91. The molecule has 1 fully saturated rings. The maximum Gasteiger partial charge on any atom is 0.294 e. The molecule has 35 heavy (non-hydrogen) atoms. The average Bonchev–Trinajstić information content (AvgIpc) is 3.36. The van der Waals surface area contributed by atoms with E-state index in [0.717, 1.165) is 16.0 Å². The van der Waals surface area contributed by atoms with Gasteiger partial charge >= 0.3 is 0 Å². The second-order valence-electron chi connectivity index (χ2n) is 8.08. The monoisotopic (exact) mass is 489 g/mol. The molecule has 0 bridgehead atoms. The number of hydrogen-bond acceptors (Lipinski definition) is 7. The number of amides is 3. The molecule has 3 amide bonds. The van der Waals surface area contributed by atoms with E-state index in [4.69, 9.17) is 4.42 Å². The summed E-state index contributed by atoms with van der Waals surface area (Å²) >= 11 is 0.716. The van der Waals surface area contributed by atoms with E-state index in [2.05, 4.69) is 5.32 Å². The van der Waals surface area contributed by atoms with Crippen LogP contribution in [0.4, 0.5) is 10.5 Å². The number of carboxylic acid groups (broad SMARTS) is 1. The summed E-state index contributed by atoms with van der Waals surface area (Å²) in [5.41, 5.74) is 3.80. The molecule has 8 nitrogen and oxygen atoms in total. The number of carbonyl (C=O) groups is 4. The molecule has 0 aliphatic carbocycles. The number of nitrogens with zero attached hydrogens (tertiary/aromatic N) is 1. The summed E-state index contributed by atoms with van der Waals surface area (Å²) in [7, 11) is 0. The lowest BCUT2D eigenvalue weighted by atomic mass is 10.0. The fourth-order valence-corrected chi connectivity index (χ4v) is 4.45. The Labute approximate surface area is 205 Å². The average molecular weight is 490 g/mol. The van der Waals surface area contributed by atoms with E-state index in [1.807, 2.05) is 26.0 Å². The van der Waals surface area contributed by atoms with Crippen molar-refractivity contribution in [1.29, 1.82) is 0 Å². The van der Waals surface area contributed by atoms with Gasteiger partial charge in [-0.1, -0.05) is 24.3 Å². The molecule has 1 saturated heterocycles. The summed E-state index contributed by atoms with van der Waals surface area (Å²) in [5.74, 6) is -1.65. The zero-order valence-electron chi connectivity index (χ0n) is 19.2. The molecule has 0 unspecified atom stereocenters. The third-order valence-corrected chi connectivity index (χ3v) is 6.59. The highest BCUT2D eigenvalue weighted by molar-refractivity contribution is 8.18. The van der Waals surface area contributed by atoms with E-state index in [9.17, 15) is 24.3 Å². The van der Waals surface area contributed by atoms with Gasteiger partial charge in [0, 0.05) is 22.9 Å². The van der Waals surface area contributed by atoms with Gasteiger partial charge in [-0.05, 0) is 73.5 Å². The second kappa shape index (κ2) is 9.63. The Morgan fingerprint density at radius 3 is 2.54 bits per heavy atom. The first-order valence-electron chi connectivity index (χ1n) is 10.7. The number of nitrogens with one attached hydrogen (secondary N) is 1. The highest BCUT2D eigenvalue weighted by atomic mass is 32.2. The molecule has 9 heteroatoms. The van der Waals surface area contributed by atoms with E-state index in [-0.39, 0.29) is 10.5 Å². The highest BCUT2D eigenvalue weighted by Gasteiger charge is 2.36. The molecule has 1 aliphatic heterocycles. The molecule has 2 aromatic carbocycles. The molecule has 1 aromatic heterocycles. The van der Waals surface area contributed by atoms with Gasteiger partial charge in [0.05, 0.1) is 10.9 Å². The minimum atomic E-state index is -1.29. The van der Waals surface area contributed by atoms with Gasteiger partial charge in [-0.3, -0.25) is 19.3 Å². The van der Waals surface area contributed by atoms with Gasteiger partial charge in [-0.25, -0.2) is 0 Å². The van der Waals surface area contributed by atoms with Crippen molar-refractivity contribution in [2.24, 2.45) is 0 Å². The Bertz CT molecular complexity index is 1400. The molecule has 0 atom stereocenters. The summed E-state index contributed by atoms with van der Waals surface area (Å²) in [6, 6.07) is 13.5. The quantitative estimate of drug-likeness (QED) is 0.521. The summed E-state index contributed by atoms with van der Waals surface area (Å²) in [6.07, 6.45) is 1.42. The summed E-state index contributed by atoms with van der Waals surface area (Å²) in [5, 5.41) is 13.4. The number of thioether (sulfide) groups is 1. The summed E-state index contributed by atoms with van der Waals surface area (Å²) < 4.78 is 5.78. The Hall–Kier alpha value is -4.11. The fraction of sp³-hybridized carbons (Fsp3) is 0.154. The minimum Gasteiger partial charge on any atom is -0.545 e. The normalized spacial score (nSPS) is 14.6. The predicted molar refractivity (Wildman–Crippen MR) is 130 cm³/mol. The molecule has 1 aliphatic rings. The minimum absolute atomic E-state index is 0.0562. The number of carboxylic acids is 1. The lowest BCUT2D eigenvalue weighted by Crippen LogP contribution is -2.36. The summed E-state index contributed by atoms with van der Waals surface area (Å²) in [4.78, 5) is 49.9. The molecule has 0 saturated carbocycles. The molecule has 0 spiro atoms. The number of imide groups is 1. The van der Waals surface area contributed by atoms with Crippen LogP contribution in [0, 0.1) is 20.8 Å². The number of aromatic carboxylic acids is 1. The van der Waals surface area contributed by atoms with Crippen molar-refractivity contribution in [3.05, 3.63) is 81.5 Å². The van der Waals surface area contributed by atoms with Gasteiger partial charge in [0.15, 0.2) is 0 Å². The Kier molecular flexibility index (Phi) is 6.61. The highest BCUT2D eigenvalue weighted by Crippen LogP contribution is 2.34. The van der Waals surface area contributed by atoms with Crippen LogP contribution < -0.4 is 10.4 Å². The maximum absolute atomic E-state index is 12.8. The number of furan rings is 1. The van der Waals surface area contributed by atoms with Crippen LogP contribution in [0.1, 0.15) is 32.8 Å². The smallest absolute Gasteiger partial charge is 0.294 e. The number of anilines is 1. The molecular weight excluding hydrogens is 468 g/mol. The van der Waals surface area contributed by atoms with E-state index in [0.29, 0.717) is 40.1 Å². The molecule has 178 valence electrons. The van der Waals surface area contributed by atoms with Crippen molar-refractivity contribution in [2.75, 3.05) is 11.9 Å². The molecule has 3 aromatic rings. The first-order chi connectivity index (χ1) is 16.6. The molecule has 2 heterocycles. The molecule has 1 N–H and O–H groups in total. The summed E-state index contributed by atoms with van der Waals surface area (Å²) in [6.45, 7) is 5.12. The van der Waals surface area contributed by atoms with Gasteiger partial charge in [0.1, 0.15) is 18.1 Å². The Balaban J connectivity index is 1.48. The van der Waals surface area contributed by atoms with E-state index >= 15 is 0 Å². The van der Waals surface area contributed by atoms with Gasteiger partial charge in [-0.15, -0.1) is 0 Å². The van der Waals surface area contributed by atoms with Crippen LogP contribution >= 0.6 is 11.8 Å². The topological polar surface area (TPSA) is 120 Å². The van der Waals surface area contributed by atoms with E-state index < -0.39 is 29.6 Å². The third kappa shape index (κ3) is 5.04. The lowest BCUT2D eigenvalue weighted by Gasteiger charge is -2.13. The van der Waals surface area contributed by atoms with Crippen LogP contribution in [0.15, 0.2) is 57.9 Å². The van der Waals surface area contributed by atoms with Crippen LogP contribution in [0.3, 0.4) is 0 Å². The van der Waals surface area contributed by atoms with Crippen molar-refractivity contribution in [2.45, 2.75) is 20.8 Å². The molecule has 4 rings (SSSR count). The maximum atomic E-state index is 12.8. The number of hydrogen-bond donors (Lipinski definition) is 1. The van der Waals surface area contributed by atoms with Gasteiger partial charge in [0.2, 0.25) is 5.91 Å². The van der Waals surface area contributed by atoms with Gasteiger partial charge in [0.25, 0.3) is 11.1 Å². The van der Waals surface area contributed by atoms with Crippen molar-refractivity contribution in [3.63, 3.8) is 0 Å². The second-order valence-corrected chi connectivity index (χ2v) is 9.08. The number of benzene rings is 2. The van der Waals surface area contributed by atoms with Crippen LogP contribution in [0.5, 0.6) is 0 Å². The first kappa shape index (κ1) is 24.0. The number of carbonyl (C=O) groups excluding carboxylic acids is 4. The van der Waals surface area contributed by atoms with Crippen LogP contribution in [-0.2, 0) is 9.59 Å². The first-order valence-corrected chi connectivity index (χ1v) is 11.5. The number of rotatable bonds is 6. The Morgan fingerprint density at radius 1 is 1.06 bits per heavy atom. The third-order valence-electron chi connectivity index (χ3n) is 5.69. The Morgan fingerprint density at radius 2 is 1.83 bits per heavy atom. The van der Waals surface area contributed by atoms with E-state index in [1.165, 1.54) is 12.1 Å². The number of aryl methyl sites for hydroxylation is 2. The van der Waals surface area contributed by atoms with Crippen molar-refractivity contribution in [1.82, 2.24) is 4.90 Å². The fourth-order valence-electron chi connectivity index (χ4n) is 3.63. The standard InChI is InChI=1S/C26H22N2O6S/c1-14-7-8-17(11-15(14)2)27-23(29)13-28-24(30)22(35-26(28)33)12-18-9-10-21(34-18)19-5-4-6-20(16(19)3)25(31)32/h4-12H,13H2,1-3H3,(H,27,29)(H,31,32)/p-1/b22-12-. The zero-order chi connectivity index (χ0) is 25.3. The molecular formula is C26H21N2O6S-. The van der Waals surface area contributed by atoms with Gasteiger partial charge in [-0.2, -0.15) is 0 Å². The van der Waals surface area contributed by atoms with Crippen molar-refractivity contribution < 1.29 is 28.7 Å². The van der Waals surface area contributed by atoms with Crippen LogP contribution in [0.25, 0.3) is 17.4 Å². The van der Waals surface area contributed by atoms with Crippen LogP contribution in [0.2, 0.25) is 0 Å². The van der Waals surface area contributed by atoms with Crippen LogP contribution in [-0.4, -0.2) is 34.5 Å². The van der Waals surface area contributed by atoms with E-state index in [1.54, 1.807) is 37.3 Å². The SMILES string of the molecule is Cc1ccc(NC(=O)CN2C(=O)S/C(=C\c3ccc(-c4cccc(C(=O)[O-])c4C)o3)C2=O)cc1C. The molecule has 0 radical (unpaired) electrons. The van der Waals surface area contributed by atoms with Gasteiger partial charge < -0.3 is 19.6 Å². The zero-order valence-corrected chi connectivity index (χ0v) is 20.0. The lowest BCUT2D eigenvalue weighted by molar-refractivity contribution is -0.255.